The number of rotatable bonds is 5. The topological polar surface area (TPSA) is 66.2 Å². The van der Waals surface area contributed by atoms with Crippen molar-refractivity contribution in [2.24, 2.45) is 0 Å². The number of aliphatic hydroxyl groups is 2. The maximum absolute atomic E-state index is 9.21. The van der Waals surface area contributed by atoms with E-state index in [9.17, 15) is 10.2 Å². The average molecular weight is 272 g/mol. The Kier molecular flexibility index (Phi) is 4.82. The fourth-order valence-corrected chi connectivity index (χ4v) is 2.31. The van der Waals surface area contributed by atoms with E-state index in [-0.39, 0.29) is 13.2 Å². The Labute approximate surface area is 119 Å². The molecule has 4 heteroatoms. The van der Waals surface area contributed by atoms with Gasteiger partial charge in [-0.25, -0.2) is 0 Å². The molecular formula is C16H20N2O2. The first-order valence-corrected chi connectivity index (χ1v) is 6.79. The van der Waals surface area contributed by atoms with Gasteiger partial charge >= 0.3 is 0 Å². The minimum Gasteiger partial charge on any atom is -0.396 e. The summed E-state index contributed by atoms with van der Waals surface area (Å²) in [7, 11) is 0. The Hall–Kier alpha value is -1.78. The second-order valence-electron chi connectivity index (χ2n) is 4.99. The largest absolute Gasteiger partial charge is 0.396 e. The number of nitrogens with zero attached hydrogens (tertiary/aromatic N) is 2. The van der Waals surface area contributed by atoms with E-state index < -0.39 is 0 Å². The second kappa shape index (κ2) is 6.59. The first kappa shape index (κ1) is 14.6. The monoisotopic (exact) mass is 272 g/mol. The quantitative estimate of drug-likeness (QED) is 0.871. The van der Waals surface area contributed by atoms with E-state index in [2.05, 4.69) is 9.97 Å². The van der Waals surface area contributed by atoms with Crippen LogP contribution in [0.1, 0.15) is 22.3 Å². The molecule has 0 aliphatic rings. The standard InChI is InChI=1S/C16H20N2O2/c1-11-7-13(3-5-19)15(17-9-11)16-14(4-6-20)8-12(2)10-18-16/h7-10,19-20H,3-6H2,1-2H3. The number of hydrogen-bond acceptors (Lipinski definition) is 4. The summed E-state index contributed by atoms with van der Waals surface area (Å²) in [5.41, 5.74) is 5.70. The average Bonchev–Trinajstić information content (AvgIpc) is 2.41. The Morgan fingerprint density at radius 1 is 0.800 bits per heavy atom. The van der Waals surface area contributed by atoms with Crippen LogP contribution < -0.4 is 0 Å². The molecule has 0 fully saturated rings. The lowest BCUT2D eigenvalue weighted by atomic mass is 10.00. The zero-order valence-electron chi connectivity index (χ0n) is 11.9. The van der Waals surface area contributed by atoms with Crippen LogP contribution >= 0.6 is 0 Å². The van der Waals surface area contributed by atoms with E-state index in [4.69, 9.17) is 0 Å². The molecule has 106 valence electrons. The van der Waals surface area contributed by atoms with Crippen molar-refractivity contribution in [3.8, 4) is 11.4 Å². The molecule has 0 radical (unpaired) electrons. The normalized spacial score (nSPS) is 10.8. The molecule has 2 N–H and O–H groups in total. The van der Waals surface area contributed by atoms with Crippen molar-refractivity contribution in [2.75, 3.05) is 13.2 Å². The van der Waals surface area contributed by atoms with Crippen molar-refractivity contribution in [2.45, 2.75) is 26.7 Å². The van der Waals surface area contributed by atoms with E-state index in [0.29, 0.717) is 12.8 Å². The predicted octanol–water partition coefficient (Wildman–Crippen LogP) is 1.83. The second-order valence-corrected chi connectivity index (χ2v) is 4.99. The highest BCUT2D eigenvalue weighted by Gasteiger charge is 2.13. The molecule has 20 heavy (non-hydrogen) atoms. The predicted molar refractivity (Wildman–Crippen MR) is 78.5 cm³/mol. The van der Waals surface area contributed by atoms with Gasteiger partial charge in [0.15, 0.2) is 0 Å². The molecule has 0 aromatic carbocycles. The highest BCUT2D eigenvalue weighted by Crippen LogP contribution is 2.25. The van der Waals surface area contributed by atoms with Crippen molar-refractivity contribution >= 4 is 0 Å². The fourth-order valence-electron chi connectivity index (χ4n) is 2.31. The van der Waals surface area contributed by atoms with Gasteiger partial charge in [0.05, 0.1) is 11.4 Å². The lowest BCUT2D eigenvalue weighted by molar-refractivity contribution is 0.298. The Bertz CT molecular complexity index is 544. The molecular weight excluding hydrogens is 252 g/mol. The number of hydrogen-bond donors (Lipinski definition) is 2. The van der Waals surface area contributed by atoms with Gasteiger partial charge in [0.25, 0.3) is 0 Å². The minimum absolute atomic E-state index is 0.0827. The minimum atomic E-state index is 0.0827. The Morgan fingerprint density at radius 2 is 1.20 bits per heavy atom. The van der Waals surface area contributed by atoms with Gasteiger partial charge < -0.3 is 10.2 Å². The zero-order chi connectivity index (χ0) is 14.5. The summed E-state index contributed by atoms with van der Waals surface area (Å²) in [4.78, 5) is 8.97. The van der Waals surface area contributed by atoms with Crippen LogP contribution in [0.3, 0.4) is 0 Å². The Morgan fingerprint density at radius 3 is 1.55 bits per heavy atom. The summed E-state index contributed by atoms with van der Waals surface area (Å²) in [5.74, 6) is 0. The third-order valence-electron chi connectivity index (χ3n) is 3.19. The van der Waals surface area contributed by atoms with E-state index in [0.717, 1.165) is 33.6 Å². The SMILES string of the molecule is Cc1cnc(-c2ncc(C)cc2CCO)c(CCO)c1. The van der Waals surface area contributed by atoms with Gasteiger partial charge in [-0.2, -0.15) is 0 Å². The molecule has 2 heterocycles. The summed E-state index contributed by atoms with van der Waals surface area (Å²) in [6.45, 7) is 4.13. The highest BCUT2D eigenvalue weighted by molar-refractivity contribution is 5.63. The molecule has 0 aliphatic heterocycles. The summed E-state index contributed by atoms with van der Waals surface area (Å²) in [6.07, 6.45) is 4.72. The van der Waals surface area contributed by atoms with Crippen LogP contribution in [0.4, 0.5) is 0 Å². The lowest BCUT2D eigenvalue weighted by Gasteiger charge is -2.12. The summed E-state index contributed by atoms with van der Waals surface area (Å²) in [5, 5.41) is 18.4. The van der Waals surface area contributed by atoms with Crippen molar-refractivity contribution in [1.82, 2.24) is 9.97 Å². The van der Waals surface area contributed by atoms with Crippen molar-refractivity contribution < 1.29 is 10.2 Å². The molecule has 0 amide bonds. The van der Waals surface area contributed by atoms with Gasteiger partial charge in [-0.3, -0.25) is 9.97 Å². The van der Waals surface area contributed by atoms with Gasteiger partial charge in [0.2, 0.25) is 0 Å². The maximum atomic E-state index is 9.21. The van der Waals surface area contributed by atoms with E-state index in [1.807, 2.05) is 26.0 Å². The summed E-state index contributed by atoms with van der Waals surface area (Å²) >= 11 is 0. The molecule has 4 nitrogen and oxygen atoms in total. The van der Waals surface area contributed by atoms with E-state index >= 15 is 0 Å². The van der Waals surface area contributed by atoms with E-state index in [1.54, 1.807) is 12.4 Å². The third kappa shape index (κ3) is 3.21. The fraction of sp³-hybridized carbons (Fsp3) is 0.375. The third-order valence-corrected chi connectivity index (χ3v) is 3.19. The van der Waals surface area contributed by atoms with Crippen LogP contribution in [-0.2, 0) is 12.8 Å². The highest BCUT2D eigenvalue weighted by atomic mass is 16.3. The molecule has 0 saturated carbocycles. The van der Waals surface area contributed by atoms with Gasteiger partial charge in [0.1, 0.15) is 0 Å². The maximum Gasteiger partial charge on any atom is 0.0921 e. The Balaban J connectivity index is 2.55. The lowest BCUT2D eigenvalue weighted by Crippen LogP contribution is -2.03. The number of aromatic nitrogens is 2. The number of aliphatic hydroxyl groups excluding tert-OH is 2. The molecule has 0 bridgehead atoms. The first-order chi connectivity index (χ1) is 9.65. The van der Waals surface area contributed by atoms with Crippen molar-refractivity contribution in [3.05, 3.63) is 46.8 Å². The van der Waals surface area contributed by atoms with E-state index in [1.165, 1.54) is 0 Å². The van der Waals surface area contributed by atoms with Crippen molar-refractivity contribution in [1.29, 1.82) is 0 Å². The van der Waals surface area contributed by atoms with Gasteiger partial charge in [-0.05, 0) is 48.9 Å². The van der Waals surface area contributed by atoms with Crippen molar-refractivity contribution in [3.63, 3.8) is 0 Å². The molecule has 2 aromatic heterocycles. The number of aryl methyl sites for hydroxylation is 2. The van der Waals surface area contributed by atoms with Crippen LogP contribution in [0.25, 0.3) is 11.4 Å². The van der Waals surface area contributed by atoms with Gasteiger partial charge in [-0.15, -0.1) is 0 Å². The van der Waals surface area contributed by atoms with Crippen LogP contribution in [0.2, 0.25) is 0 Å². The van der Waals surface area contributed by atoms with Crippen LogP contribution in [-0.4, -0.2) is 33.4 Å². The summed E-state index contributed by atoms with van der Waals surface area (Å²) < 4.78 is 0. The molecule has 0 atom stereocenters. The smallest absolute Gasteiger partial charge is 0.0921 e. The van der Waals surface area contributed by atoms with Crippen LogP contribution in [0.5, 0.6) is 0 Å². The van der Waals surface area contributed by atoms with Crippen LogP contribution in [0, 0.1) is 13.8 Å². The molecule has 0 spiro atoms. The zero-order valence-corrected chi connectivity index (χ0v) is 11.9. The molecule has 0 aliphatic carbocycles. The van der Waals surface area contributed by atoms with Gasteiger partial charge in [-0.1, -0.05) is 12.1 Å². The molecule has 2 rings (SSSR count). The number of pyridine rings is 2. The molecule has 2 aromatic rings. The van der Waals surface area contributed by atoms with Gasteiger partial charge in [0, 0.05) is 25.6 Å². The summed E-state index contributed by atoms with van der Waals surface area (Å²) in [6, 6.07) is 4.06. The molecule has 0 unspecified atom stereocenters. The molecule has 0 saturated heterocycles. The first-order valence-electron chi connectivity index (χ1n) is 6.79. The van der Waals surface area contributed by atoms with Crippen LogP contribution in [0.15, 0.2) is 24.5 Å².